The van der Waals surface area contributed by atoms with Crippen molar-refractivity contribution in [3.8, 4) is 0 Å². The normalized spacial score (nSPS) is 13.9. The second-order valence-electron chi connectivity index (χ2n) is 19.1. The number of ether oxygens (including phenoxy) is 3. The van der Waals surface area contributed by atoms with Crippen molar-refractivity contribution < 1.29 is 52.2 Å². The second-order valence-corrected chi connectivity index (χ2v) is 20.5. The molecule has 0 aromatic heterocycles. The summed E-state index contributed by atoms with van der Waals surface area (Å²) >= 11 is 0. The van der Waals surface area contributed by atoms with E-state index in [2.05, 4.69) is 75.5 Å². The van der Waals surface area contributed by atoms with Crippen LogP contribution in [0.2, 0.25) is 0 Å². The number of allylic oxidation sites excluding steroid dienone is 11. The van der Waals surface area contributed by atoms with Crippen molar-refractivity contribution in [3.05, 3.63) is 72.9 Å². The molecule has 72 heavy (non-hydrogen) atoms. The first-order valence-corrected chi connectivity index (χ1v) is 30.3. The third kappa shape index (κ3) is 51.8. The largest absolute Gasteiger partial charge is 0.472 e. The number of hydrogen-bond donors (Lipinski definition) is 2. The molecule has 416 valence electrons. The molecule has 0 aliphatic rings. The second kappa shape index (κ2) is 54.2. The molecule has 0 saturated heterocycles. The Morgan fingerprint density at radius 1 is 0.417 bits per heavy atom. The van der Waals surface area contributed by atoms with E-state index in [9.17, 15) is 28.9 Å². The number of hydrogen-bond acceptors (Lipinski definition) is 10. The van der Waals surface area contributed by atoms with Crippen molar-refractivity contribution in [2.24, 2.45) is 0 Å². The van der Waals surface area contributed by atoms with Crippen molar-refractivity contribution in [3.63, 3.8) is 0 Å². The molecule has 11 nitrogen and oxygen atoms in total. The first-order chi connectivity index (χ1) is 35.2. The average Bonchev–Trinajstić information content (AvgIpc) is 3.37. The summed E-state index contributed by atoms with van der Waals surface area (Å²) in [5.41, 5.74) is 0. The fraction of sp³-hybridized carbons (Fsp3) is 0.750. The van der Waals surface area contributed by atoms with Crippen LogP contribution >= 0.6 is 7.82 Å². The van der Waals surface area contributed by atoms with Crippen LogP contribution in [0.25, 0.3) is 0 Å². The summed E-state index contributed by atoms with van der Waals surface area (Å²) in [6, 6.07) is 0. The molecule has 0 aromatic rings. The maximum atomic E-state index is 12.9. The van der Waals surface area contributed by atoms with Crippen molar-refractivity contribution >= 4 is 25.7 Å². The molecule has 3 atom stereocenters. The zero-order valence-corrected chi connectivity index (χ0v) is 46.8. The SMILES string of the molecule is CC/C=C\C/C=C\C/C=C\C/C=C\C/C=C\CC(=O)OCC(COP(=O)(O)OCC(CO)OC(=O)CCCCCCC/C=C\CCCC)OC(=O)CCCCCCCCCCCCCCCCCCCCC. The van der Waals surface area contributed by atoms with Crippen LogP contribution in [0.4, 0.5) is 0 Å². The molecule has 0 aliphatic carbocycles. The summed E-state index contributed by atoms with van der Waals surface area (Å²) in [6.07, 6.45) is 60.4. The predicted octanol–water partition coefficient (Wildman–Crippen LogP) is 16.9. The number of aliphatic hydroxyl groups is 1. The molecule has 3 unspecified atom stereocenters. The molecule has 0 aromatic carbocycles. The maximum absolute atomic E-state index is 12.9. The van der Waals surface area contributed by atoms with Crippen LogP contribution in [0.1, 0.15) is 252 Å². The van der Waals surface area contributed by atoms with E-state index in [1.165, 1.54) is 109 Å². The minimum absolute atomic E-state index is 0.00561. The smallest absolute Gasteiger partial charge is 0.461 e. The van der Waals surface area contributed by atoms with Gasteiger partial charge in [0.1, 0.15) is 12.7 Å². The Bertz CT molecular complexity index is 1490. The lowest BCUT2D eigenvalue weighted by molar-refractivity contribution is -0.161. The molecule has 0 amide bonds. The number of rotatable bonds is 53. The molecular formula is C60H105O11P. The number of esters is 3. The van der Waals surface area contributed by atoms with E-state index in [0.717, 1.165) is 83.5 Å². The fourth-order valence-corrected chi connectivity index (χ4v) is 8.55. The Labute approximate surface area is 439 Å². The van der Waals surface area contributed by atoms with Crippen molar-refractivity contribution in [1.82, 2.24) is 0 Å². The van der Waals surface area contributed by atoms with E-state index >= 15 is 0 Å². The average molecular weight is 1030 g/mol. The van der Waals surface area contributed by atoms with Crippen LogP contribution in [0.15, 0.2) is 72.9 Å². The maximum Gasteiger partial charge on any atom is 0.472 e. The van der Waals surface area contributed by atoms with Crippen LogP contribution in [0, 0.1) is 0 Å². The zero-order chi connectivity index (χ0) is 52.7. The number of phosphoric acid groups is 1. The van der Waals surface area contributed by atoms with Crippen molar-refractivity contribution in [2.75, 3.05) is 26.4 Å². The Morgan fingerprint density at radius 2 is 0.778 bits per heavy atom. The highest BCUT2D eigenvalue weighted by atomic mass is 31.2. The Morgan fingerprint density at radius 3 is 1.21 bits per heavy atom. The highest BCUT2D eigenvalue weighted by Crippen LogP contribution is 2.43. The van der Waals surface area contributed by atoms with Crippen LogP contribution < -0.4 is 0 Å². The summed E-state index contributed by atoms with van der Waals surface area (Å²) in [5.74, 6) is -1.62. The summed E-state index contributed by atoms with van der Waals surface area (Å²) in [7, 11) is -4.77. The molecule has 0 heterocycles. The van der Waals surface area contributed by atoms with E-state index < -0.39 is 57.8 Å². The van der Waals surface area contributed by atoms with Gasteiger partial charge in [-0.15, -0.1) is 0 Å². The number of carbonyl (C=O) groups is 3. The lowest BCUT2D eigenvalue weighted by atomic mass is 10.0. The number of carbonyl (C=O) groups excluding carboxylic acids is 3. The summed E-state index contributed by atoms with van der Waals surface area (Å²) in [6.45, 7) is 4.39. The van der Waals surface area contributed by atoms with Gasteiger partial charge in [0.25, 0.3) is 0 Å². The predicted molar refractivity (Wildman–Crippen MR) is 298 cm³/mol. The zero-order valence-electron chi connectivity index (χ0n) is 45.9. The molecule has 0 bridgehead atoms. The van der Waals surface area contributed by atoms with Crippen LogP contribution in [-0.4, -0.2) is 66.5 Å². The minimum Gasteiger partial charge on any atom is -0.461 e. The lowest BCUT2D eigenvalue weighted by Crippen LogP contribution is -2.30. The summed E-state index contributed by atoms with van der Waals surface area (Å²) < 4.78 is 39.3. The molecule has 12 heteroatoms. The molecule has 0 rings (SSSR count). The van der Waals surface area contributed by atoms with Gasteiger partial charge in [0.15, 0.2) is 6.10 Å². The van der Waals surface area contributed by atoms with Gasteiger partial charge in [0.05, 0.1) is 26.2 Å². The Balaban J connectivity index is 4.79. The molecular weight excluding hydrogens is 928 g/mol. The summed E-state index contributed by atoms with van der Waals surface area (Å²) in [5, 5.41) is 9.78. The number of aliphatic hydroxyl groups excluding tert-OH is 1. The molecule has 0 fully saturated rings. The number of unbranched alkanes of at least 4 members (excludes halogenated alkanes) is 25. The molecule has 0 saturated carbocycles. The van der Waals surface area contributed by atoms with Crippen LogP contribution in [-0.2, 0) is 42.2 Å². The van der Waals surface area contributed by atoms with Gasteiger partial charge in [-0.05, 0) is 64.2 Å². The van der Waals surface area contributed by atoms with E-state index in [-0.39, 0.29) is 25.9 Å². The van der Waals surface area contributed by atoms with Gasteiger partial charge in [-0.3, -0.25) is 23.4 Å². The Hall–Kier alpha value is -3.08. The highest BCUT2D eigenvalue weighted by Gasteiger charge is 2.28. The van der Waals surface area contributed by atoms with E-state index in [0.29, 0.717) is 19.3 Å². The highest BCUT2D eigenvalue weighted by molar-refractivity contribution is 7.47. The van der Waals surface area contributed by atoms with E-state index in [1.807, 2.05) is 12.2 Å². The topological polar surface area (TPSA) is 155 Å². The first kappa shape index (κ1) is 68.9. The van der Waals surface area contributed by atoms with Crippen molar-refractivity contribution in [1.29, 1.82) is 0 Å². The lowest BCUT2D eigenvalue weighted by Gasteiger charge is -2.21. The molecule has 0 spiro atoms. The van der Waals surface area contributed by atoms with Gasteiger partial charge in [0, 0.05) is 12.8 Å². The first-order valence-electron chi connectivity index (χ1n) is 28.8. The fourth-order valence-electron chi connectivity index (χ4n) is 7.76. The third-order valence-electron chi connectivity index (χ3n) is 12.1. The minimum atomic E-state index is -4.77. The summed E-state index contributed by atoms with van der Waals surface area (Å²) in [4.78, 5) is 48.4. The van der Waals surface area contributed by atoms with E-state index in [4.69, 9.17) is 23.3 Å². The van der Waals surface area contributed by atoms with Gasteiger partial charge in [-0.25, -0.2) is 4.57 Å². The monoisotopic (exact) mass is 1030 g/mol. The van der Waals surface area contributed by atoms with Gasteiger partial charge in [0.2, 0.25) is 0 Å². The van der Waals surface area contributed by atoms with Crippen LogP contribution in [0.3, 0.4) is 0 Å². The van der Waals surface area contributed by atoms with E-state index in [1.54, 1.807) is 6.08 Å². The molecule has 2 N–H and O–H groups in total. The van der Waals surface area contributed by atoms with Gasteiger partial charge in [-0.1, -0.05) is 241 Å². The quantitative estimate of drug-likeness (QED) is 0.0197. The van der Waals surface area contributed by atoms with Gasteiger partial charge < -0.3 is 24.2 Å². The van der Waals surface area contributed by atoms with Crippen molar-refractivity contribution in [2.45, 2.75) is 264 Å². The van der Waals surface area contributed by atoms with Gasteiger partial charge in [-0.2, -0.15) is 0 Å². The van der Waals surface area contributed by atoms with Crippen LogP contribution in [0.5, 0.6) is 0 Å². The standard InChI is InChI=1S/C60H105O11P/c1-4-7-10-13-16-19-22-24-26-27-28-29-31-33-36-39-42-45-48-51-60(64)71-57(53-67-58(62)49-46-43-40-37-35-32-30-25-23-20-17-14-11-8-5-2)55-69-72(65,66)68-54-56(52-61)70-59(63)50-47-44-41-38-34-21-18-15-12-9-6-3/h8,11,15,17-18,20,25,30,35,37,43,46,56-57,61H,4-7,9-10,12-14,16,19,21-24,26-29,31-34,36,38-42,44-45,47-55H2,1-3H3,(H,65,66)/b11-8-,18-15-,20-17-,30-25-,37-35-,46-43-. The molecule has 0 radical (unpaired) electrons. The Kier molecular flexibility index (Phi) is 51.9. The molecule has 0 aliphatic heterocycles. The third-order valence-corrected chi connectivity index (χ3v) is 13.1. The van der Waals surface area contributed by atoms with Gasteiger partial charge >= 0.3 is 25.7 Å². The number of phosphoric ester groups is 1.